The van der Waals surface area contributed by atoms with Gasteiger partial charge in [-0.05, 0) is 32.8 Å². The van der Waals surface area contributed by atoms with Crippen molar-refractivity contribution in [3.63, 3.8) is 0 Å². The molecular weight excluding hydrogens is 258 g/mol. The molecule has 0 amide bonds. The molecule has 108 valence electrons. The summed E-state index contributed by atoms with van der Waals surface area (Å²) < 4.78 is 2.12. The average molecular weight is 284 g/mol. The van der Waals surface area contributed by atoms with Crippen LogP contribution in [0, 0.1) is 6.92 Å². The van der Waals surface area contributed by atoms with Gasteiger partial charge in [-0.2, -0.15) is 5.10 Å². The van der Waals surface area contributed by atoms with E-state index < -0.39 is 0 Å². The highest BCUT2D eigenvalue weighted by Gasteiger charge is 2.21. The Labute approximate surface area is 121 Å². The highest BCUT2D eigenvalue weighted by molar-refractivity contribution is 6.18. The second kappa shape index (κ2) is 7.30. The summed E-state index contributed by atoms with van der Waals surface area (Å²) in [6.07, 6.45) is 6.80. The van der Waals surface area contributed by atoms with E-state index in [-0.39, 0.29) is 0 Å². The Balaban J connectivity index is 2.06. The molecule has 3 nitrogen and oxygen atoms in total. The minimum absolute atomic E-state index is 0.716. The third-order valence-corrected chi connectivity index (χ3v) is 4.28. The zero-order valence-electron chi connectivity index (χ0n) is 12.2. The third kappa shape index (κ3) is 3.96. The van der Waals surface area contributed by atoms with Crippen LogP contribution in [0.3, 0.4) is 0 Å². The molecule has 1 aliphatic carbocycles. The first-order valence-corrected chi connectivity index (χ1v) is 8.11. The van der Waals surface area contributed by atoms with E-state index in [1.807, 2.05) is 0 Å². The molecule has 2 rings (SSSR count). The first kappa shape index (κ1) is 14.9. The van der Waals surface area contributed by atoms with Crippen molar-refractivity contribution in [1.29, 1.82) is 0 Å². The molecule has 0 atom stereocenters. The molecule has 0 unspecified atom stereocenters. The van der Waals surface area contributed by atoms with Crippen molar-refractivity contribution in [1.82, 2.24) is 14.7 Å². The molecular formula is C15H26ClN3. The lowest BCUT2D eigenvalue weighted by atomic mass is 9.94. The van der Waals surface area contributed by atoms with Crippen LogP contribution >= 0.6 is 11.6 Å². The summed E-state index contributed by atoms with van der Waals surface area (Å²) in [6, 6.07) is 2.93. The fourth-order valence-corrected chi connectivity index (χ4v) is 3.37. The van der Waals surface area contributed by atoms with Crippen LogP contribution in [0.1, 0.15) is 50.4 Å². The van der Waals surface area contributed by atoms with E-state index in [0.29, 0.717) is 6.04 Å². The SMILES string of the molecule is CCn1nc(C)cc1CN(CCCl)C1CCCCC1. The standard InChI is InChI=1S/C15H26ClN3/c1-3-19-15(11-13(2)17-19)12-18(10-9-16)14-7-5-4-6-8-14/h11,14H,3-10,12H2,1-2H3. The Hall–Kier alpha value is -0.540. The lowest BCUT2D eigenvalue weighted by Gasteiger charge is -2.33. The number of rotatable bonds is 6. The number of hydrogen-bond donors (Lipinski definition) is 0. The van der Waals surface area contributed by atoms with Gasteiger partial charge in [-0.3, -0.25) is 9.58 Å². The molecule has 19 heavy (non-hydrogen) atoms. The van der Waals surface area contributed by atoms with E-state index >= 15 is 0 Å². The number of nitrogens with zero attached hydrogens (tertiary/aromatic N) is 3. The molecule has 1 aromatic rings. The molecule has 0 spiro atoms. The molecule has 1 aliphatic rings. The maximum atomic E-state index is 6.00. The summed E-state index contributed by atoms with van der Waals surface area (Å²) in [4.78, 5) is 2.56. The van der Waals surface area contributed by atoms with E-state index in [2.05, 4.69) is 34.6 Å². The number of alkyl halides is 1. The number of aryl methyl sites for hydroxylation is 2. The van der Waals surface area contributed by atoms with Gasteiger partial charge in [0.2, 0.25) is 0 Å². The molecule has 0 saturated heterocycles. The van der Waals surface area contributed by atoms with Crippen LogP contribution in [-0.2, 0) is 13.1 Å². The fraction of sp³-hybridized carbons (Fsp3) is 0.800. The third-order valence-electron chi connectivity index (χ3n) is 4.11. The van der Waals surface area contributed by atoms with Crippen LogP contribution in [0.5, 0.6) is 0 Å². The Morgan fingerprint density at radius 2 is 2.11 bits per heavy atom. The maximum absolute atomic E-state index is 6.00. The summed E-state index contributed by atoms with van der Waals surface area (Å²) in [6.45, 7) is 7.15. The molecule has 0 radical (unpaired) electrons. The molecule has 0 N–H and O–H groups in total. The van der Waals surface area contributed by atoms with Gasteiger partial charge in [-0.25, -0.2) is 0 Å². The van der Waals surface area contributed by atoms with Gasteiger partial charge in [0.25, 0.3) is 0 Å². The lowest BCUT2D eigenvalue weighted by Crippen LogP contribution is -2.38. The second-order valence-electron chi connectivity index (χ2n) is 5.54. The van der Waals surface area contributed by atoms with Gasteiger partial charge in [0.1, 0.15) is 0 Å². The van der Waals surface area contributed by atoms with Crippen LogP contribution in [-0.4, -0.2) is 33.1 Å². The summed E-state index contributed by atoms with van der Waals surface area (Å²) in [5, 5.41) is 4.54. The highest BCUT2D eigenvalue weighted by Crippen LogP contribution is 2.24. The van der Waals surface area contributed by atoms with Crippen molar-refractivity contribution < 1.29 is 0 Å². The van der Waals surface area contributed by atoms with Gasteiger partial charge >= 0.3 is 0 Å². The lowest BCUT2D eigenvalue weighted by molar-refractivity contribution is 0.153. The first-order valence-electron chi connectivity index (χ1n) is 7.58. The van der Waals surface area contributed by atoms with Crippen molar-refractivity contribution in [3.05, 3.63) is 17.5 Å². The molecule has 0 aromatic carbocycles. The monoisotopic (exact) mass is 283 g/mol. The van der Waals surface area contributed by atoms with E-state index in [4.69, 9.17) is 11.6 Å². The molecule has 1 aromatic heterocycles. The predicted molar refractivity (Wildman–Crippen MR) is 80.6 cm³/mol. The van der Waals surface area contributed by atoms with Gasteiger partial charge in [0, 0.05) is 31.6 Å². The topological polar surface area (TPSA) is 21.1 Å². The number of hydrogen-bond acceptors (Lipinski definition) is 2. The molecule has 1 fully saturated rings. The van der Waals surface area contributed by atoms with Gasteiger partial charge in [0.05, 0.1) is 11.4 Å². The van der Waals surface area contributed by atoms with Gasteiger partial charge < -0.3 is 0 Å². The van der Waals surface area contributed by atoms with Crippen LogP contribution in [0.2, 0.25) is 0 Å². The smallest absolute Gasteiger partial charge is 0.0597 e. The van der Waals surface area contributed by atoms with Gasteiger partial charge in [0.15, 0.2) is 0 Å². The minimum atomic E-state index is 0.716. The van der Waals surface area contributed by atoms with Crippen LogP contribution in [0.4, 0.5) is 0 Å². The largest absolute Gasteiger partial charge is 0.293 e. The van der Waals surface area contributed by atoms with Crippen molar-refractivity contribution >= 4 is 11.6 Å². The molecule has 1 saturated carbocycles. The van der Waals surface area contributed by atoms with E-state index in [1.54, 1.807) is 0 Å². The Morgan fingerprint density at radius 1 is 1.37 bits per heavy atom. The second-order valence-corrected chi connectivity index (χ2v) is 5.92. The van der Waals surface area contributed by atoms with Gasteiger partial charge in [-0.15, -0.1) is 11.6 Å². The normalized spacial score (nSPS) is 17.3. The first-order chi connectivity index (χ1) is 9.24. The Morgan fingerprint density at radius 3 is 2.74 bits per heavy atom. The summed E-state index contributed by atoms with van der Waals surface area (Å²) in [5.41, 5.74) is 2.45. The molecule has 0 bridgehead atoms. The zero-order chi connectivity index (χ0) is 13.7. The Kier molecular flexibility index (Phi) is 5.71. The number of aromatic nitrogens is 2. The number of halogens is 1. The van der Waals surface area contributed by atoms with Crippen molar-refractivity contribution in [2.45, 2.75) is 65.1 Å². The van der Waals surface area contributed by atoms with Crippen molar-refractivity contribution in [2.24, 2.45) is 0 Å². The summed E-state index contributed by atoms with van der Waals surface area (Å²) in [5.74, 6) is 0.718. The van der Waals surface area contributed by atoms with Crippen molar-refractivity contribution in [2.75, 3.05) is 12.4 Å². The summed E-state index contributed by atoms with van der Waals surface area (Å²) in [7, 11) is 0. The molecule has 1 heterocycles. The van der Waals surface area contributed by atoms with E-state index in [1.165, 1.54) is 37.8 Å². The Bertz CT molecular complexity index is 383. The van der Waals surface area contributed by atoms with Crippen LogP contribution in [0.25, 0.3) is 0 Å². The molecule has 0 aliphatic heterocycles. The van der Waals surface area contributed by atoms with Crippen LogP contribution in [0.15, 0.2) is 6.07 Å². The van der Waals surface area contributed by atoms with E-state index in [0.717, 1.165) is 31.2 Å². The fourth-order valence-electron chi connectivity index (χ4n) is 3.15. The van der Waals surface area contributed by atoms with Crippen molar-refractivity contribution in [3.8, 4) is 0 Å². The van der Waals surface area contributed by atoms with E-state index in [9.17, 15) is 0 Å². The maximum Gasteiger partial charge on any atom is 0.0597 e. The average Bonchev–Trinajstić information content (AvgIpc) is 2.79. The minimum Gasteiger partial charge on any atom is -0.293 e. The highest BCUT2D eigenvalue weighted by atomic mass is 35.5. The van der Waals surface area contributed by atoms with Gasteiger partial charge in [-0.1, -0.05) is 19.3 Å². The summed E-state index contributed by atoms with van der Waals surface area (Å²) >= 11 is 6.00. The molecule has 4 heteroatoms. The quantitative estimate of drug-likeness (QED) is 0.744. The zero-order valence-corrected chi connectivity index (χ0v) is 13.0. The van der Waals surface area contributed by atoms with Crippen LogP contribution < -0.4 is 0 Å². The predicted octanol–water partition coefficient (Wildman–Crippen LogP) is 3.58.